The Morgan fingerprint density at radius 1 is 1.23 bits per heavy atom. The number of nitrogens with zero attached hydrogens (tertiary/aromatic N) is 4. The van der Waals surface area contributed by atoms with Crippen molar-refractivity contribution in [1.82, 2.24) is 30.2 Å². The summed E-state index contributed by atoms with van der Waals surface area (Å²) in [5.74, 6) is -0.544. The molecule has 160 valence electrons. The van der Waals surface area contributed by atoms with Crippen molar-refractivity contribution in [2.24, 2.45) is 0 Å². The zero-order chi connectivity index (χ0) is 21.9. The Labute approximate surface area is 176 Å². The number of hydrogen-bond acceptors (Lipinski definition) is 4. The van der Waals surface area contributed by atoms with Gasteiger partial charge in [-0.3, -0.25) is 14.6 Å². The molecule has 0 spiro atoms. The summed E-state index contributed by atoms with van der Waals surface area (Å²) in [7, 11) is 3.93. The number of rotatable bonds is 7. The Morgan fingerprint density at radius 2 is 1.97 bits per heavy atom. The summed E-state index contributed by atoms with van der Waals surface area (Å²) >= 11 is 0. The maximum Gasteiger partial charge on any atom is 0.271 e. The van der Waals surface area contributed by atoms with Gasteiger partial charge >= 0.3 is 0 Å². The van der Waals surface area contributed by atoms with Gasteiger partial charge in [-0.25, -0.2) is 4.39 Å². The van der Waals surface area contributed by atoms with E-state index >= 15 is 0 Å². The fourth-order valence-electron chi connectivity index (χ4n) is 3.09. The Hall–Kier alpha value is -3.00. The van der Waals surface area contributed by atoms with Gasteiger partial charge in [-0.15, -0.1) is 0 Å². The van der Waals surface area contributed by atoms with Crippen LogP contribution in [0.15, 0.2) is 36.4 Å². The van der Waals surface area contributed by atoms with Crippen molar-refractivity contribution in [3.63, 3.8) is 0 Å². The van der Waals surface area contributed by atoms with Gasteiger partial charge in [0.25, 0.3) is 5.91 Å². The topological polar surface area (TPSA) is 78.8 Å². The molecule has 30 heavy (non-hydrogen) atoms. The molecule has 0 atom stereocenters. The molecule has 2 heterocycles. The van der Waals surface area contributed by atoms with Crippen LogP contribution in [-0.4, -0.2) is 51.4 Å². The van der Waals surface area contributed by atoms with Crippen LogP contribution in [0, 0.1) is 5.82 Å². The third-order valence-electron chi connectivity index (χ3n) is 4.72. The van der Waals surface area contributed by atoms with Gasteiger partial charge in [-0.05, 0) is 38.4 Å². The minimum absolute atomic E-state index is 0.106. The van der Waals surface area contributed by atoms with Crippen LogP contribution in [0.4, 0.5) is 4.39 Å². The number of amides is 1. The summed E-state index contributed by atoms with van der Waals surface area (Å²) < 4.78 is 16.0. The van der Waals surface area contributed by atoms with Gasteiger partial charge < -0.3 is 10.2 Å². The highest BCUT2D eigenvalue weighted by molar-refractivity contribution is 5.92. The van der Waals surface area contributed by atoms with Crippen molar-refractivity contribution in [2.45, 2.75) is 39.3 Å². The van der Waals surface area contributed by atoms with Crippen LogP contribution in [0.25, 0.3) is 11.3 Å². The number of carbonyl (C=O) groups is 1. The SMILES string of the molecule is CN(C)Cc1cc(-c2ccccc2F)nn1CCNC(=O)c1cc(C(C)(C)C)[nH]n1. The second kappa shape index (κ2) is 8.79. The van der Waals surface area contributed by atoms with Gasteiger partial charge in [-0.2, -0.15) is 10.2 Å². The number of H-pyrrole nitrogens is 1. The second-order valence-electron chi connectivity index (χ2n) is 8.63. The van der Waals surface area contributed by atoms with E-state index in [1.54, 1.807) is 24.3 Å². The molecule has 1 amide bonds. The number of carbonyl (C=O) groups excluding carboxylic acids is 1. The first-order valence-corrected chi connectivity index (χ1v) is 9.95. The van der Waals surface area contributed by atoms with Gasteiger partial charge in [0.2, 0.25) is 0 Å². The molecule has 7 nitrogen and oxygen atoms in total. The van der Waals surface area contributed by atoms with Crippen LogP contribution >= 0.6 is 0 Å². The first kappa shape index (κ1) is 21.7. The first-order chi connectivity index (χ1) is 14.1. The number of hydrogen-bond donors (Lipinski definition) is 2. The number of aromatic amines is 1. The summed E-state index contributed by atoms with van der Waals surface area (Å²) in [5.41, 5.74) is 3.15. The van der Waals surface area contributed by atoms with Crippen LogP contribution in [0.1, 0.15) is 42.6 Å². The Kier molecular flexibility index (Phi) is 6.36. The van der Waals surface area contributed by atoms with Crippen LogP contribution in [0.2, 0.25) is 0 Å². The molecule has 3 rings (SSSR count). The van der Waals surface area contributed by atoms with Crippen LogP contribution < -0.4 is 5.32 Å². The lowest BCUT2D eigenvalue weighted by atomic mass is 9.92. The van der Waals surface area contributed by atoms with Crippen LogP contribution in [0.5, 0.6) is 0 Å². The van der Waals surface area contributed by atoms with Crippen molar-refractivity contribution in [2.75, 3.05) is 20.6 Å². The van der Waals surface area contributed by atoms with Gasteiger partial charge in [0.15, 0.2) is 0 Å². The minimum atomic E-state index is -0.306. The molecule has 8 heteroatoms. The zero-order valence-corrected chi connectivity index (χ0v) is 18.2. The van der Waals surface area contributed by atoms with E-state index in [9.17, 15) is 9.18 Å². The highest BCUT2D eigenvalue weighted by Crippen LogP contribution is 2.23. The van der Waals surface area contributed by atoms with Gasteiger partial charge in [0.1, 0.15) is 11.5 Å². The molecule has 0 radical (unpaired) electrons. The van der Waals surface area contributed by atoms with E-state index in [2.05, 4.69) is 41.4 Å². The van der Waals surface area contributed by atoms with E-state index in [4.69, 9.17) is 0 Å². The molecule has 1 aromatic carbocycles. The summed E-state index contributed by atoms with van der Waals surface area (Å²) in [6.45, 7) is 7.68. The van der Waals surface area contributed by atoms with Gasteiger partial charge in [0.05, 0.1) is 17.9 Å². The molecule has 0 aliphatic heterocycles. The molecular weight excluding hydrogens is 383 g/mol. The average molecular weight is 413 g/mol. The quantitative estimate of drug-likeness (QED) is 0.625. The van der Waals surface area contributed by atoms with E-state index < -0.39 is 0 Å². The molecule has 0 aliphatic carbocycles. The molecule has 3 aromatic rings. The molecule has 2 N–H and O–H groups in total. The molecule has 0 aliphatic rings. The van der Waals surface area contributed by atoms with Crippen molar-refractivity contribution < 1.29 is 9.18 Å². The van der Waals surface area contributed by atoms with E-state index in [1.807, 2.05) is 29.7 Å². The zero-order valence-electron chi connectivity index (χ0n) is 18.2. The minimum Gasteiger partial charge on any atom is -0.349 e. The lowest BCUT2D eigenvalue weighted by Crippen LogP contribution is -2.28. The largest absolute Gasteiger partial charge is 0.349 e. The molecule has 0 fully saturated rings. The molecule has 0 bridgehead atoms. The summed E-state index contributed by atoms with van der Waals surface area (Å²) in [5, 5.41) is 14.5. The number of aromatic nitrogens is 4. The van der Waals surface area contributed by atoms with E-state index in [1.165, 1.54) is 6.07 Å². The summed E-state index contributed by atoms with van der Waals surface area (Å²) in [6, 6.07) is 10.3. The molecule has 2 aromatic heterocycles. The van der Waals surface area contributed by atoms with Crippen molar-refractivity contribution in [1.29, 1.82) is 0 Å². The summed E-state index contributed by atoms with van der Waals surface area (Å²) in [4.78, 5) is 14.5. The lowest BCUT2D eigenvalue weighted by molar-refractivity contribution is 0.0946. The molecule has 0 unspecified atom stereocenters. The Bertz CT molecular complexity index is 1010. The standard InChI is InChI=1S/C22H29FN6O/c1-22(2,3)20-13-19(25-26-20)21(30)24-10-11-29-15(14-28(4)5)12-18(27-29)16-8-6-7-9-17(16)23/h6-9,12-13H,10-11,14H2,1-5H3,(H,24,30)(H,25,26). The van der Waals surface area contributed by atoms with Gasteiger partial charge in [0, 0.05) is 29.8 Å². The first-order valence-electron chi connectivity index (χ1n) is 9.95. The second-order valence-corrected chi connectivity index (χ2v) is 8.63. The third-order valence-corrected chi connectivity index (χ3v) is 4.72. The maximum atomic E-state index is 14.2. The predicted octanol–water partition coefficient (Wildman–Crippen LogP) is 3.20. The monoisotopic (exact) mass is 412 g/mol. The Morgan fingerprint density at radius 3 is 2.60 bits per heavy atom. The van der Waals surface area contributed by atoms with E-state index in [0.29, 0.717) is 36.6 Å². The summed E-state index contributed by atoms with van der Waals surface area (Å²) in [6.07, 6.45) is 0. The number of benzene rings is 1. The van der Waals surface area contributed by atoms with Crippen LogP contribution in [-0.2, 0) is 18.5 Å². The predicted molar refractivity (Wildman–Crippen MR) is 115 cm³/mol. The molecule has 0 saturated carbocycles. The highest BCUT2D eigenvalue weighted by Gasteiger charge is 2.19. The van der Waals surface area contributed by atoms with Crippen molar-refractivity contribution in [3.05, 3.63) is 59.3 Å². The smallest absolute Gasteiger partial charge is 0.271 e. The van der Waals surface area contributed by atoms with E-state index in [0.717, 1.165) is 11.4 Å². The fraction of sp³-hybridized carbons (Fsp3) is 0.409. The lowest BCUT2D eigenvalue weighted by Gasteiger charge is -2.14. The third kappa shape index (κ3) is 5.13. The maximum absolute atomic E-state index is 14.2. The molecular formula is C22H29FN6O. The molecule has 0 saturated heterocycles. The normalized spacial score (nSPS) is 11.8. The van der Waals surface area contributed by atoms with Crippen molar-refractivity contribution >= 4 is 5.91 Å². The average Bonchev–Trinajstić information content (AvgIpc) is 3.29. The van der Waals surface area contributed by atoms with Crippen LogP contribution in [0.3, 0.4) is 0 Å². The van der Waals surface area contributed by atoms with E-state index in [-0.39, 0.29) is 17.1 Å². The fourth-order valence-corrected chi connectivity index (χ4v) is 3.09. The Balaban J connectivity index is 1.70. The number of halogens is 1. The number of nitrogens with one attached hydrogen (secondary N) is 2. The van der Waals surface area contributed by atoms with Gasteiger partial charge in [-0.1, -0.05) is 32.9 Å². The van der Waals surface area contributed by atoms with Crippen molar-refractivity contribution in [3.8, 4) is 11.3 Å². The highest BCUT2D eigenvalue weighted by atomic mass is 19.1.